The number of rotatable bonds is 7. The van der Waals surface area contributed by atoms with Crippen LogP contribution in [0.25, 0.3) is 22.2 Å². The second kappa shape index (κ2) is 13.3. The average Bonchev–Trinajstić information content (AvgIpc) is 3.74. The first-order valence-electron chi connectivity index (χ1n) is 18.6. The van der Waals surface area contributed by atoms with E-state index in [9.17, 15) is 19.2 Å². The van der Waals surface area contributed by atoms with Crippen LogP contribution in [0.15, 0.2) is 46.1 Å². The zero-order valence-corrected chi connectivity index (χ0v) is 30.6. The third-order valence-electron chi connectivity index (χ3n) is 12.4. The topological polar surface area (TPSA) is 120 Å². The normalized spacial score (nSPS) is 20.4. The monoisotopic (exact) mass is 708 g/mol. The number of carbonyl (C=O) groups is 2. The zero-order chi connectivity index (χ0) is 36.3. The van der Waals surface area contributed by atoms with Gasteiger partial charge in [0.15, 0.2) is 0 Å². The fourth-order valence-corrected chi connectivity index (χ4v) is 9.40. The molecular formula is C40H48N6O6. The standard InChI is InChI=1S/C40H48N6O6/c1-42-23-28(26-7-5-8-27(26)38(42)49)25-21-33(51-3)29(34(22-25)52-4)24-44-17-13-40(14-18-44)15-19-45(20-16-40)30-9-6-10-31-36(30)43(2)39(50)46(31)32-11-12-35(47)41-37(32)48/h6,9-10,21-23,32H,5,7-8,11-20,24H2,1-4H3,(H,41,47,48). The molecule has 4 aliphatic rings. The van der Waals surface area contributed by atoms with Crippen molar-refractivity contribution in [3.63, 3.8) is 0 Å². The van der Waals surface area contributed by atoms with E-state index in [0.29, 0.717) is 6.42 Å². The predicted molar refractivity (Wildman–Crippen MR) is 199 cm³/mol. The Morgan fingerprint density at radius 1 is 0.865 bits per heavy atom. The number of aromatic nitrogens is 3. The number of ether oxygens (including phenoxy) is 2. The average molecular weight is 709 g/mol. The van der Waals surface area contributed by atoms with Crippen molar-refractivity contribution in [3.8, 4) is 22.6 Å². The van der Waals surface area contributed by atoms with E-state index in [2.05, 4.69) is 33.3 Å². The smallest absolute Gasteiger partial charge is 0.329 e. The third-order valence-corrected chi connectivity index (χ3v) is 12.4. The Morgan fingerprint density at radius 2 is 1.54 bits per heavy atom. The van der Waals surface area contributed by atoms with Gasteiger partial charge in [0.05, 0.1) is 36.5 Å². The molecule has 274 valence electrons. The SMILES string of the molecule is COc1cc(-c2cn(C)c(=O)c3c2CCC3)cc(OC)c1CN1CCC2(CC1)CCN(c1cccc3c1n(C)c(=O)n3C1CCC(=O)NC1=O)CC2. The van der Waals surface area contributed by atoms with Gasteiger partial charge in [-0.25, -0.2) is 4.79 Å². The van der Waals surface area contributed by atoms with Gasteiger partial charge in [0, 0.05) is 57.5 Å². The molecular weight excluding hydrogens is 660 g/mol. The summed E-state index contributed by atoms with van der Waals surface area (Å²) in [6.45, 7) is 4.51. The van der Waals surface area contributed by atoms with Crippen LogP contribution >= 0.6 is 0 Å². The maximum atomic E-state index is 13.5. The van der Waals surface area contributed by atoms with Crippen LogP contribution in [0.5, 0.6) is 11.5 Å². The van der Waals surface area contributed by atoms with Crippen molar-refractivity contribution in [2.24, 2.45) is 19.5 Å². The van der Waals surface area contributed by atoms with Gasteiger partial charge in [-0.2, -0.15) is 0 Å². The number of amides is 2. The van der Waals surface area contributed by atoms with Gasteiger partial charge < -0.3 is 18.9 Å². The van der Waals surface area contributed by atoms with Gasteiger partial charge in [-0.3, -0.25) is 33.7 Å². The van der Waals surface area contributed by atoms with Crippen LogP contribution in [0, 0.1) is 5.41 Å². The lowest BCUT2D eigenvalue weighted by Gasteiger charge is -2.47. The van der Waals surface area contributed by atoms with Crippen LogP contribution in [0.1, 0.15) is 67.7 Å². The Hall–Kier alpha value is -4.84. The number of nitrogens with one attached hydrogen (secondary N) is 1. The first-order valence-corrected chi connectivity index (χ1v) is 18.6. The molecule has 3 saturated heterocycles. The first-order chi connectivity index (χ1) is 25.1. The van der Waals surface area contributed by atoms with E-state index in [-0.39, 0.29) is 29.0 Å². The van der Waals surface area contributed by atoms with E-state index in [0.717, 1.165) is 134 Å². The van der Waals surface area contributed by atoms with E-state index in [1.807, 2.05) is 25.4 Å². The minimum atomic E-state index is -0.696. The van der Waals surface area contributed by atoms with Gasteiger partial charge in [-0.1, -0.05) is 6.07 Å². The predicted octanol–water partition coefficient (Wildman–Crippen LogP) is 4.07. The highest BCUT2D eigenvalue weighted by atomic mass is 16.5. The number of aryl methyl sites for hydroxylation is 2. The number of para-hydroxylation sites is 1. The molecule has 0 saturated carbocycles. The molecule has 1 aliphatic carbocycles. The van der Waals surface area contributed by atoms with E-state index >= 15 is 0 Å². The minimum absolute atomic E-state index is 0.103. The van der Waals surface area contributed by atoms with Crippen LogP contribution in [0.3, 0.4) is 0 Å². The molecule has 3 fully saturated rings. The number of anilines is 1. The number of methoxy groups -OCH3 is 2. The Labute approximate surface area is 302 Å². The van der Waals surface area contributed by atoms with Gasteiger partial charge in [0.25, 0.3) is 5.56 Å². The van der Waals surface area contributed by atoms with Crippen molar-refractivity contribution in [2.75, 3.05) is 45.3 Å². The number of hydrogen-bond acceptors (Lipinski definition) is 8. The Kier molecular flexibility index (Phi) is 8.76. The summed E-state index contributed by atoms with van der Waals surface area (Å²) in [7, 11) is 7.03. The summed E-state index contributed by atoms with van der Waals surface area (Å²) < 4.78 is 16.9. The number of benzene rings is 2. The van der Waals surface area contributed by atoms with Crippen molar-refractivity contribution in [3.05, 3.63) is 74.1 Å². The maximum Gasteiger partial charge on any atom is 0.329 e. The number of imide groups is 1. The number of pyridine rings is 1. The summed E-state index contributed by atoms with van der Waals surface area (Å²) in [6, 6.07) is 9.46. The third kappa shape index (κ3) is 5.71. The van der Waals surface area contributed by atoms with Gasteiger partial charge >= 0.3 is 5.69 Å². The molecule has 2 amide bonds. The molecule has 0 bridgehead atoms. The highest BCUT2D eigenvalue weighted by Crippen LogP contribution is 2.45. The highest BCUT2D eigenvalue weighted by molar-refractivity contribution is 6.00. The molecule has 8 rings (SSSR count). The molecule has 0 radical (unpaired) electrons. The number of carbonyl (C=O) groups excluding carboxylic acids is 2. The molecule has 2 aromatic carbocycles. The van der Waals surface area contributed by atoms with Crippen LogP contribution in [-0.2, 0) is 43.1 Å². The number of hydrogen-bond donors (Lipinski definition) is 1. The summed E-state index contributed by atoms with van der Waals surface area (Å²) in [5, 5.41) is 2.40. The molecule has 1 unspecified atom stereocenters. The number of imidazole rings is 1. The Balaban J connectivity index is 0.963. The number of likely N-dealkylation sites (tertiary alicyclic amines) is 1. The van der Waals surface area contributed by atoms with Crippen molar-refractivity contribution in [2.45, 2.75) is 70.4 Å². The molecule has 1 N–H and O–H groups in total. The number of nitrogens with zero attached hydrogens (tertiary/aromatic N) is 5. The molecule has 5 heterocycles. The molecule has 12 nitrogen and oxygen atoms in total. The number of piperidine rings is 3. The van der Waals surface area contributed by atoms with Gasteiger partial charge in [-0.05, 0) is 105 Å². The van der Waals surface area contributed by atoms with Gasteiger partial charge in [0.1, 0.15) is 17.5 Å². The van der Waals surface area contributed by atoms with Crippen molar-refractivity contribution in [1.29, 1.82) is 0 Å². The van der Waals surface area contributed by atoms with E-state index < -0.39 is 11.9 Å². The zero-order valence-electron chi connectivity index (χ0n) is 30.6. The fraction of sp³-hybridized carbons (Fsp3) is 0.500. The van der Waals surface area contributed by atoms with Crippen LogP contribution in [-0.4, -0.2) is 70.8 Å². The molecule has 3 aliphatic heterocycles. The fourth-order valence-electron chi connectivity index (χ4n) is 9.40. The van der Waals surface area contributed by atoms with E-state index in [1.165, 1.54) is 0 Å². The highest BCUT2D eigenvalue weighted by Gasteiger charge is 2.39. The van der Waals surface area contributed by atoms with Crippen LogP contribution < -0.4 is 30.9 Å². The molecule has 2 aromatic heterocycles. The van der Waals surface area contributed by atoms with Gasteiger partial charge in [-0.15, -0.1) is 0 Å². The second-order valence-electron chi connectivity index (χ2n) is 15.2. The summed E-state index contributed by atoms with van der Waals surface area (Å²) >= 11 is 0. The Morgan fingerprint density at radius 3 is 2.21 bits per heavy atom. The first kappa shape index (κ1) is 34.3. The molecule has 12 heteroatoms. The van der Waals surface area contributed by atoms with Crippen LogP contribution in [0.2, 0.25) is 0 Å². The van der Waals surface area contributed by atoms with E-state index in [4.69, 9.17) is 9.47 Å². The van der Waals surface area contributed by atoms with E-state index in [1.54, 1.807) is 35.0 Å². The minimum Gasteiger partial charge on any atom is -0.496 e. The van der Waals surface area contributed by atoms with Crippen molar-refractivity contribution >= 4 is 28.5 Å². The quantitative estimate of drug-likeness (QED) is 0.286. The summed E-state index contributed by atoms with van der Waals surface area (Å²) in [5.41, 5.74) is 7.93. The summed E-state index contributed by atoms with van der Waals surface area (Å²) in [5.74, 6) is 0.899. The van der Waals surface area contributed by atoms with Crippen molar-refractivity contribution < 1.29 is 19.1 Å². The van der Waals surface area contributed by atoms with Crippen molar-refractivity contribution in [1.82, 2.24) is 23.9 Å². The number of fused-ring (bicyclic) bond motifs is 2. The Bertz CT molecular complexity index is 2170. The second-order valence-corrected chi connectivity index (χ2v) is 15.2. The summed E-state index contributed by atoms with van der Waals surface area (Å²) in [4.78, 5) is 55.7. The summed E-state index contributed by atoms with van der Waals surface area (Å²) in [6.07, 6.45) is 9.61. The lowest BCUT2D eigenvalue weighted by molar-refractivity contribution is -0.135. The molecule has 1 spiro atoms. The van der Waals surface area contributed by atoms with Gasteiger partial charge in [0.2, 0.25) is 11.8 Å². The van der Waals surface area contributed by atoms with Crippen LogP contribution in [0.4, 0.5) is 5.69 Å². The molecule has 4 aromatic rings. The molecule has 52 heavy (non-hydrogen) atoms. The largest absolute Gasteiger partial charge is 0.496 e. The lowest BCUT2D eigenvalue weighted by Crippen LogP contribution is -2.46. The lowest BCUT2D eigenvalue weighted by atomic mass is 9.71. The maximum absolute atomic E-state index is 13.5. The molecule has 1 atom stereocenters.